The maximum Gasteiger partial charge on any atom is 0.425 e. The lowest BCUT2D eigenvalue weighted by Gasteiger charge is -2.22. The van der Waals surface area contributed by atoms with Crippen molar-refractivity contribution in [1.82, 2.24) is 0 Å². The molecule has 4 aromatic rings. The fourth-order valence-electron chi connectivity index (χ4n) is 5.22. The molecular weight excluding hydrogens is 804 g/mol. The summed E-state index contributed by atoms with van der Waals surface area (Å²) < 4.78 is 174. The molecule has 4 N–H and O–H groups in total. The Morgan fingerprint density at radius 3 is 0.750 bits per heavy atom. The second-order valence-corrected chi connectivity index (χ2v) is 11.7. The molecule has 56 heavy (non-hydrogen) atoms. The summed E-state index contributed by atoms with van der Waals surface area (Å²) >= 11 is 0. The molecule has 4 rings (SSSR count). The van der Waals surface area contributed by atoms with E-state index in [1.165, 1.54) is 0 Å². The number of esters is 4. The average Bonchev–Trinajstić information content (AvgIpc) is 3.10. The minimum atomic E-state index is -5.50. The van der Waals surface area contributed by atoms with Crippen molar-refractivity contribution in [2.75, 3.05) is 0 Å². The second-order valence-electron chi connectivity index (χ2n) is 11.7. The number of aliphatic hydroxyl groups is 4. The molecule has 0 aliphatic rings. The molecule has 0 heterocycles. The third kappa shape index (κ3) is 9.42. The van der Waals surface area contributed by atoms with Crippen molar-refractivity contribution in [3.63, 3.8) is 0 Å². The summed E-state index contributed by atoms with van der Waals surface area (Å²) in [6.07, 6.45) is -36.6. The number of hydrogen-bond acceptors (Lipinski definition) is 12. The highest BCUT2D eigenvalue weighted by Gasteiger charge is 2.47. The summed E-state index contributed by atoms with van der Waals surface area (Å²) in [5.74, 6) is -8.89. The highest BCUT2D eigenvalue weighted by Crippen LogP contribution is 2.42. The second kappa shape index (κ2) is 15.7. The quantitative estimate of drug-likeness (QED) is 0.0682. The minimum Gasteiger partial charge on any atom is -0.459 e. The first-order chi connectivity index (χ1) is 25.6. The van der Waals surface area contributed by atoms with Gasteiger partial charge in [0.2, 0.25) is 24.4 Å². The molecule has 4 aromatic carbocycles. The number of ether oxygens (including phenoxy) is 4. The van der Waals surface area contributed by atoms with Crippen LogP contribution in [0, 0.1) is 0 Å². The minimum absolute atomic E-state index is 0.0881. The van der Waals surface area contributed by atoms with E-state index in [2.05, 4.69) is 18.9 Å². The van der Waals surface area contributed by atoms with Gasteiger partial charge in [-0.1, -0.05) is 24.3 Å². The molecule has 0 amide bonds. The van der Waals surface area contributed by atoms with Crippen LogP contribution in [0.15, 0.2) is 36.4 Å². The van der Waals surface area contributed by atoms with Crippen LogP contribution in [0.3, 0.4) is 0 Å². The monoisotopic (exact) mass is 826 g/mol. The zero-order valence-corrected chi connectivity index (χ0v) is 27.2. The molecule has 0 spiro atoms. The fraction of sp³-hybridized carbons (Fsp3) is 0.375. The van der Waals surface area contributed by atoms with Gasteiger partial charge in [-0.2, -0.15) is 52.7 Å². The van der Waals surface area contributed by atoms with E-state index < -0.39 is 99.4 Å². The molecule has 0 saturated carbocycles. The number of benzene rings is 4. The zero-order valence-electron chi connectivity index (χ0n) is 27.2. The van der Waals surface area contributed by atoms with E-state index in [0.29, 0.717) is 0 Å². The van der Waals surface area contributed by atoms with Crippen LogP contribution in [-0.4, -0.2) is 93.4 Å². The summed E-state index contributed by atoms with van der Waals surface area (Å²) in [6, 6.07) is 6.59. The third-order valence-electron chi connectivity index (χ3n) is 7.85. The van der Waals surface area contributed by atoms with E-state index in [1.54, 1.807) is 0 Å². The Morgan fingerprint density at radius 2 is 0.589 bits per heavy atom. The Bertz CT molecular complexity index is 1840. The summed E-state index contributed by atoms with van der Waals surface area (Å²) in [5, 5.41) is 36.5. The zero-order chi connectivity index (χ0) is 42.3. The Kier molecular flexibility index (Phi) is 12.2. The Hall–Kier alpha value is -5.20. The molecule has 306 valence electrons. The van der Waals surface area contributed by atoms with Gasteiger partial charge in [0.1, 0.15) is 26.4 Å². The summed E-state index contributed by atoms with van der Waals surface area (Å²) in [7, 11) is 0. The molecule has 0 aromatic heterocycles. The summed E-state index contributed by atoms with van der Waals surface area (Å²) in [4.78, 5) is 48.0. The lowest BCUT2D eigenvalue weighted by Crippen LogP contribution is -2.37. The van der Waals surface area contributed by atoms with Gasteiger partial charge in [0.05, 0.1) is 0 Å². The van der Waals surface area contributed by atoms with E-state index in [1.807, 2.05) is 0 Å². The van der Waals surface area contributed by atoms with Crippen LogP contribution in [-0.2, 0) is 64.6 Å². The SMILES string of the molecule is O=C(OCc1cc(COC(=O)[C@H](O)C(F)(F)F)c2ccc3c(COC(=O)[C@H](O)C(F)(F)F)cc(COC(=O)[C@H](O)C(F)(F)F)c4ccc1c2c43)[C@H](O)C(F)(F)F. The molecule has 12 nitrogen and oxygen atoms in total. The van der Waals surface area contributed by atoms with Crippen molar-refractivity contribution in [2.24, 2.45) is 0 Å². The van der Waals surface area contributed by atoms with Crippen molar-refractivity contribution in [2.45, 2.75) is 75.5 Å². The van der Waals surface area contributed by atoms with E-state index in [4.69, 9.17) is 0 Å². The maximum absolute atomic E-state index is 12.9. The average molecular weight is 826 g/mol. The van der Waals surface area contributed by atoms with Gasteiger partial charge in [-0.3, -0.25) is 0 Å². The van der Waals surface area contributed by atoms with Crippen molar-refractivity contribution in [3.05, 3.63) is 58.7 Å². The third-order valence-corrected chi connectivity index (χ3v) is 7.85. The lowest BCUT2D eigenvalue weighted by molar-refractivity contribution is -0.219. The first kappa shape index (κ1) is 43.5. The summed E-state index contributed by atoms with van der Waals surface area (Å²) in [5.41, 5.74) is -1.21. The number of alkyl halides is 12. The first-order valence-electron chi connectivity index (χ1n) is 15.0. The van der Waals surface area contributed by atoms with Gasteiger partial charge in [-0.15, -0.1) is 0 Å². The lowest BCUT2D eigenvalue weighted by atomic mass is 9.86. The Labute approximate surface area is 302 Å². The smallest absolute Gasteiger partial charge is 0.425 e. The molecule has 0 aliphatic heterocycles. The van der Waals surface area contributed by atoms with Crippen LogP contribution < -0.4 is 0 Å². The van der Waals surface area contributed by atoms with Crippen LogP contribution >= 0.6 is 0 Å². The van der Waals surface area contributed by atoms with E-state index in [0.717, 1.165) is 36.4 Å². The van der Waals surface area contributed by atoms with Gasteiger partial charge >= 0.3 is 48.6 Å². The van der Waals surface area contributed by atoms with Crippen LogP contribution in [0.4, 0.5) is 52.7 Å². The molecule has 0 bridgehead atoms. The van der Waals surface area contributed by atoms with E-state index >= 15 is 0 Å². The van der Waals surface area contributed by atoms with E-state index in [9.17, 15) is 92.3 Å². The van der Waals surface area contributed by atoms with Crippen molar-refractivity contribution in [1.29, 1.82) is 0 Å². The van der Waals surface area contributed by atoms with Crippen molar-refractivity contribution in [3.8, 4) is 0 Å². The van der Waals surface area contributed by atoms with Crippen LogP contribution in [0.5, 0.6) is 0 Å². The number of carbonyl (C=O) groups is 4. The van der Waals surface area contributed by atoms with E-state index in [-0.39, 0.29) is 54.6 Å². The molecule has 0 radical (unpaired) electrons. The molecule has 0 unspecified atom stereocenters. The predicted molar refractivity (Wildman–Crippen MR) is 158 cm³/mol. The normalized spacial score (nSPS) is 15.1. The van der Waals surface area contributed by atoms with Gasteiger partial charge in [0.15, 0.2) is 0 Å². The van der Waals surface area contributed by atoms with Crippen molar-refractivity contribution < 1.29 is 111 Å². The van der Waals surface area contributed by atoms with Crippen LogP contribution in [0.25, 0.3) is 32.3 Å². The predicted octanol–water partition coefficient (Wildman–Crippen LogP) is 4.45. The number of hydrogen-bond donors (Lipinski definition) is 4. The molecular formula is C32H22F12O12. The molecule has 4 atom stereocenters. The molecule has 24 heteroatoms. The number of rotatable bonds is 12. The van der Waals surface area contributed by atoms with Crippen LogP contribution in [0.1, 0.15) is 22.3 Å². The number of carbonyl (C=O) groups excluding carboxylic acids is 4. The Morgan fingerprint density at radius 1 is 0.411 bits per heavy atom. The summed E-state index contributed by atoms with van der Waals surface area (Å²) in [6.45, 7) is -4.53. The standard InChI is InChI=1S/C32H22F12O12/c33-29(34,35)21(45)25(49)53-7-11-5-13(9-55-27(51)23(47)31(39,40)41)17-3-4-18-14(10-56-28(52)24(48)32(42,43)44)6-12(8-54-26(50)22(46)30(36,37)38)16-2-1-15(11)19(17)20(16)18/h1-6,21-24,45-48H,7-10H2/t21-,22-,23-,24-/m0/s1. The maximum atomic E-state index is 12.9. The highest BCUT2D eigenvalue weighted by atomic mass is 19.4. The topological polar surface area (TPSA) is 186 Å². The highest BCUT2D eigenvalue weighted by molar-refractivity contribution is 6.25. The Balaban J connectivity index is 1.95. The molecule has 0 fully saturated rings. The molecule has 0 aliphatic carbocycles. The van der Waals surface area contributed by atoms with Gasteiger partial charge in [-0.25, -0.2) is 19.2 Å². The van der Waals surface area contributed by atoms with Gasteiger partial charge < -0.3 is 39.4 Å². The number of aliphatic hydroxyl groups excluding tert-OH is 4. The first-order valence-corrected chi connectivity index (χ1v) is 15.0. The van der Waals surface area contributed by atoms with Gasteiger partial charge in [0, 0.05) is 0 Å². The van der Waals surface area contributed by atoms with Crippen molar-refractivity contribution >= 4 is 56.2 Å². The molecule has 0 saturated heterocycles. The fourth-order valence-corrected chi connectivity index (χ4v) is 5.22. The largest absolute Gasteiger partial charge is 0.459 e. The van der Waals surface area contributed by atoms with Gasteiger partial charge in [0.25, 0.3) is 0 Å². The number of halogens is 12. The van der Waals surface area contributed by atoms with Gasteiger partial charge in [-0.05, 0) is 66.7 Å². The van der Waals surface area contributed by atoms with Crippen LogP contribution in [0.2, 0.25) is 0 Å².